The molecule has 4 aliphatic carbocycles. The minimum atomic E-state index is -0.0486. The number of carbonyl (C=O) groups is 1. The van der Waals surface area contributed by atoms with Gasteiger partial charge >= 0.3 is 0 Å². The molecular formula is C29H32N4O. The summed E-state index contributed by atoms with van der Waals surface area (Å²) in [5.41, 5.74) is 10.7. The number of nitrogens with zero attached hydrogens (tertiary/aromatic N) is 2. The van der Waals surface area contributed by atoms with Crippen molar-refractivity contribution in [3.05, 3.63) is 72.1 Å². The number of anilines is 2. The Morgan fingerprint density at radius 1 is 0.941 bits per heavy atom. The molecule has 0 atom stereocenters. The van der Waals surface area contributed by atoms with Crippen LogP contribution in [0, 0.1) is 23.2 Å². The van der Waals surface area contributed by atoms with Crippen LogP contribution in [0.25, 0.3) is 11.3 Å². The molecule has 4 bridgehead atoms. The summed E-state index contributed by atoms with van der Waals surface area (Å²) in [6.07, 6.45) is 11.1. The highest BCUT2D eigenvalue weighted by molar-refractivity contribution is 5.92. The number of hydrogen-bond donors (Lipinski definition) is 2. The van der Waals surface area contributed by atoms with Gasteiger partial charge in [0.1, 0.15) is 0 Å². The summed E-state index contributed by atoms with van der Waals surface area (Å²) in [6, 6.07) is 17.6. The number of amides is 1. The average molecular weight is 453 g/mol. The van der Waals surface area contributed by atoms with E-state index in [9.17, 15) is 4.79 Å². The average Bonchev–Trinajstić information content (AvgIpc) is 2.80. The largest absolute Gasteiger partial charge is 0.399 e. The van der Waals surface area contributed by atoms with Gasteiger partial charge in [0.2, 0.25) is 5.91 Å². The van der Waals surface area contributed by atoms with Gasteiger partial charge in [-0.2, -0.15) is 0 Å². The second-order valence-corrected chi connectivity index (χ2v) is 11.0. The number of aromatic nitrogens is 2. The molecule has 1 heterocycles. The number of benzene rings is 2. The van der Waals surface area contributed by atoms with E-state index in [1.54, 1.807) is 6.20 Å². The summed E-state index contributed by atoms with van der Waals surface area (Å²) >= 11 is 0. The van der Waals surface area contributed by atoms with Gasteiger partial charge < -0.3 is 11.1 Å². The van der Waals surface area contributed by atoms with E-state index < -0.39 is 0 Å². The van der Waals surface area contributed by atoms with Crippen LogP contribution in [-0.4, -0.2) is 15.9 Å². The van der Waals surface area contributed by atoms with Gasteiger partial charge in [-0.3, -0.25) is 4.79 Å². The Kier molecular flexibility index (Phi) is 5.35. The van der Waals surface area contributed by atoms with Crippen LogP contribution in [0.2, 0.25) is 0 Å². The van der Waals surface area contributed by atoms with Gasteiger partial charge in [-0.1, -0.05) is 42.5 Å². The zero-order valence-electron chi connectivity index (χ0n) is 19.5. The molecule has 0 radical (unpaired) electrons. The van der Waals surface area contributed by atoms with Crippen LogP contribution >= 0.6 is 0 Å². The molecule has 4 saturated carbocycles. The molecule has 34 heavy (non-hydrogen) atoms. The maximum Gasteiger partial charge on any atom is 0.229 e. The van der Waals surface area contributed by atoms with Gasteiger partial charge in [-0.25, -0.2) is 9.97 Å². The van der Waals surface area contributed by atoms with Crippen molar-refractivity contribution < 1.29 is 4.79 Å². The highest BCUT2D eigenvalue weighted by Crippen LogP contribution is 2.61. The molecule has 7 rings (SSSR count). The van der Waals surface area contributed by atoms with Gasteiger partial charge in [-0.15, -0.1) is 0 Å². The van der Waals surface area contributed by atoms with Crippen molar-refractivity contribution in [2.75, 3.05) is 11.1 Å². The summed E-state index contributed by atoms with van der Waals surface area (Å²) in [5, 5.41) is 3.10. The van der Waals surface area contributed by atoms with Crippen molar-refractivity contribution in [2.45, 2.75) is 51.4 Å². The number of nitrogens with two attached hydrogens (primary N) is 1. The summed E-state index contributed by atoms with van der Waals surface area (Å²) in [5.74, 6) is 3.19. The van der Waals surface area contributed by atoms with E-state index in [4.69, 9.17) is 15.7 Å². The second-order valence-electron chi connectivity index (χ2n) is 11.0. The third kappa shape index (κ3) is 4.31. The summed E-state index contributed by atoms with van der Waals surface area (Å²) in [4.78, 5) is 22.7. The first-order chi connectivity index (χ1) is 16.5. The summed E-state index contributed by atoms with van der Waals surface area (Å²) < 4.78 is 0. The van der Waals surface area contributed by atoms with Crippen molar-refractivity contribution in [3.8, 4) is 11.3 Å². The molecule has 3 aromatic rings. The van der Waals surface area contributed by atoms with E-state index in [2.05, 4.69) is 5.32 Å². The molecule has 4 aliphatic rings. The lowest BCUT2D eigenvalue weighted by molar-refractivity contribution is -0.115. The Balaban J connectivity index is 1.30. The first kappa shape index (κ1) is 21.3. The van der Waals surface area contributed by atoms with Crippen molar-refractivity contribution >= 4 is 17.4 Å². The Morgan fingerprint density at radius 2 is 1.59 bits per heavy atom. The van der Waals surface area contributed by atoms with Crippen LogP contribution in [0.1, 0.15) is 49.8 Å². The fourth-order valence-corrected chi connectivity index (χ4v) is 7.27. The second kappa shape index (κ2) is 8.53. The molecule has 0 aliphatic heterocycles. The summed E-state index contributed by atoms with van der Waals surface area (Å²) in [7, 11) is 0. The highest BCUT2D eigenvalue weighted by Gasteiger charge is 2.51. The Labute approximate surface area is 201 Å². The standard InChI is InChI=1S/C29H32N4O/c30-24-8-6-23(7-9-24)26-18-31-28(33-27(34)13-19-4-2-1-3-5-19)25(32-26)17-29-14-20-10-21(15-29)12-22(11-20)16-29/h1-9,18,20-22H,10-17,30H2,(H,31,33,34). The lowest BCUT2D eigenvalue weighted by Gasteiger charge is -2.57. The van der Waals surface area contributed by atoms with Crippen molar-refractivity contribution in [3.63, 3.8) is 0 Å². The smallest absolute Gasteiger partial charge is 0.229 e. The summed E-state index contributed by atoms with van der Waals surface area (Å²) in [6.45, 7) is 0. The van der Waals surface area contributed by atoms with Crippen LogP contribution in [0.15, 0.2) is 60.8 Å². The molecule has 3 N–H and O–H groups in total. The van der Waals surface area contributed by atoms with Crippen LogP contribution in [0.5, 0.6) is 0 Å². The number of hydrogen-bond acceptors (Lipinski definition) is 4. The third-order valence-corrected chi connectivity index (χ3v) is 8.22. The van der Waals surface area contributed by atoms with E-state index in [-0.39, 0.29) is 5.91 Å². The van der Waals surface area contributed by atoms with Crippen molar-refractivity contribution in [1.29, 1.82) is 0 Å². The Bertz CT molecular complexity index is 1150. The lowest BCUT2D eigenvalue weighted by atomic mass is 9.48. The SMILES string of the molecule is Nc1ccc(-c2cnc(NC(=O)Cc3ccccc3)c(CC34CC5CC(CC(C5)C3)C4)n2)cc1. The predicted octanol–water partition coefficient (Wildman–Crippen LogP) is 5.67. The minimum Gasteiger partial charge on any atom is -0.399 e. The van der Waals surface area contributed by atoms with Crippen molar-refractivity contribution in [2.24, 2.45) is 23.2 Å². The van der Waals surface area contributed by atoms with Crippen LogP contribution in [0.3, 0.4) is 0 Å². The fourth-order valence-electron chi connectivity index (χ4n) is 7.27. The molecule has 2 aromatic carbocycles. The molecule has 5 heteroatoms. The van der Waals surface area contributed by atoms with Gasteiger partial charge in [0.05, 0.1) is 24.0 Å². The van der Waals surface area contributed by atoms with Crippen LogP contribution < -0.4 is 11.1 Å². The molecule has 0 spiro atoms. The van der Waals surface area contributed by atoms with Gasteiger partial charge in [0, 0.05) is 11.3 Å². The number of carbonyl (C=O) groups excluding carboxylic acids is 1. The van der Waals surface area contributed by atoms with Gasteiger partial charge in [-0.05, 0) is 85.8 Å². The van der Waals surface area contributed by atoms with E-state index >= 15 is 0 Å². The first-order valence-corrected chi connectivity index (χ1v) is 12.6. The van der Waals surface area contributed by atoms with E-state index in [1.807, 2.05) is 54.6 Å². The van der Waals surface area contributed by atoms with Gasteiger partial charge in [0.25, 0.3) is 0 Å². The zero-order chi connectivity index (χ0) is 23.1. The third-order valence-electron chi connectivity index (χ3n) is 8.22. The molecule has 174 valence electrons. The highest BCUT2D eigenvalue weighted by atomic mass is 16.1. The fraction of sp³-hybridized carbons (Fsp3) is 0.414. The molecule has 4 fully saturated rings. The maximum atomic E-state index is 12.9. The van der Waals surface area contributed by atoms with Crippen LogP contribution in [0.4, 0.5) is 11.5 Å². The van der Waals surface area contributed by atoms with Gasteiger partial charge in [0.15, 0.2) is 5.82 Å². The molecule has 1 amide bonds. The molecule has 1 aromatic heterocycles. The Hall–Kier alpha value is -3.21. The normalized spacial score (nSPS) is 27.0. The number of rotatable bonds is 6. The monoisotopic (exact) mass is 452 g/mol. The topological polar surface area (TPSA) is 80.9 Å². The Morgan fingerprint density at radius 3 is 2.24 bits per heavy atom. The zero-order valence-corrected chi connectivity index (χ0v) is 19.5. The quantitative estimate of drug-likeness (QED) is 0.473. The van der Waals surface area contributed by atoms with E-state index in [1.165, 1.54) is 38.5 Å². The first-order valence-electron chi connectivity index (χ1n) is 12.6. The molecule has 0 saturated heterocycles. The minimum absolute atomic E-state index is 0.0486. The van der Waals surface area contributed by atoms with Crippen molar-refractivity contribution in [1.82, 2.24) is 9.97 Å². The lowest BCUT2D eigenvalue weighted by Crippen LogP contribution is -2.47. The van der Waals surface area contributed by atoms with E-state index in [0.29, 0.717) is 17.7 Å². The van der Waals surface area contributed by atoms with E-state index in [0.717, 1.165) is 52.4 Å². The maximum absolute atomic E-state index is 12.9. The number of nitrogen functional groups attached to an aromatic ring is 1. The molecule has 5 nitrogen and oxygen atoms in total. The molecular weight excluding hydrogens is 420 g/mol. The number of nitrogens with one attached hydrogen (secondary N) is 1. The molecule has 0 unspecified atom stereocenters. The predicted molar refractivity (Wildman–Crippen MR) is 135 cm³/mol. The van der Waals surface area contributed by atoms with Crippen LogP contribution in [-0.2, 0) is 17.6 Å².